The average molecular weight is 228 g/mol. The molecule has 0 bridgehead atoms. The fourth-order valence-electron chi connectivity index (χ4n) is 1.86. The summed E-state index contributed by atoms with van der Waals surface area (Å²) in [7, 11) is 1.60. The van der Waals surface area contributed by atoms with Gasteiger partial charge in [-0.3, -0.25) is 14.5 Å². The van der Waals surface area contributed by atoms with E-state index in [0.717, 1.165) is 26.2 Å². The van der Waals surface area contributed by atoms with Gasteiger partial charge in [0.2, 0.25) is 11.8 Å². The third-order valence-corrected chi connectivity index (χ3v) is 2.83. The molecule has 92 valence electrons. The van der Waals surface area contributed by atoms with Crippen LogP contribution in [0.25, 0.3) is 0 Å². The van der Waals surface area contributed by atoms with Gasteiger partial charge in [-0.15, -0.1) is 0 Å². The maximum Gasteiger partial charge on any atom is 0.239 e. The van der Waals surface area contributed by atoms with Gasteiger partial charge in [0.1, 0.15) is 0 Å². The highest BCUT2D eigenvalue weighted by Gasteiger charge is 2.25. The van der Waals surface area contributed by atoms with E-state index in [-0.39, 0.29) is 18.5 Å². The largest absolute Gasteiger partial charge is 0.368 e. The smallest absolute Gasteiger partial charge is 0.239 e. The van der Waals surface area contributed by atoms with Crippen molar-refractivity contribution in [1.29, 1.82) is 0 Å². The molecule has 1 saturated heterocycles. The third-order valence-electron chi connectivity index (χ3n) is 2.83. The molecule has 6 heteroatoms. The lowest BCUT2D eigenvalue weighted by Gasteiger charge is -2.33. The Morgan fingerprint density at radius 3 is 2.50 bits per heavy atom. The van der Waals surface area contributed by atoms with Gasteiger partial charge < -0.3 is 16.0 Å². The van der Waals surface area contributed by atoms with Crippen LogP contribution in [0, 0.1) is 0 Å². The number of rotatable bonds is 4. The van der Waals surface area contributed by atoms with Gasteiger partial charge in [-0.05, 0) is 6.92 Å². The molecule has 1 unspecified atom stereocenters. The SMILES string of the molecule is CC(C(=O)N(C)CC(N)=O)N1CCNCC1. The minimum atomic E-state index is -0.483. The fraction of sp³-hybridized carbons (Fsp3) is 0.800. The normalized spacial score (nSPS) is 19.1. The van der Waals surface area contributed by atoms with Gasteiger partial charge in [0, 0.05) is 33.2 Å². The van der Waals surface area contributed by atoms with Crippen molar-refractivity contribution in [3.63, 3.8) is 0 Å². The van der Waals surface area contributed by atoms with Gasteiger partial charge in [-0.1, -0.05) is 0 Å². The second-order valence-corrected chi connectivity index (χ2v) is 4.12. The summed E-state index contributed by atoms with van der Waals surface area (Å²) in [4.78, 5) is 26.1. The summed E-state index contributed by atoms with van der Waals surface area (Å²) < 4.78 is 0. The van der Waals surface area contributed by atoms with Gasteiger partial charge >= 0.3 is 0 Å². The van der Waals surface area contributed by atoms with E-state index >= 15 is 0 Å². The third kappa shape index (κ3) is 3.46. The number of nitrogens with one attached hydrogen (secondary N) is 1. The number of amides is 2. The first-order chi connectivity index (χ1) is 7.52. The molecule has 0 spiro atoms. The van der Waals surface area contributed by atoms with Crippen molar-refractivity contribution in [2.75, 3.05) is 39.8 Å². The van der Waals surface area contributed by atoms with Gasteiger partial charge in [0.05, 0.1) is 12.6 Å². The second kappa shape index (κ2) is 5.81. The van der Waals surface area contributed by atoms with Crippen molar-refractivity contribution >= 4 is 11.8 Å². The molecule has 1 atom stereocenters. The topological polar surface area (TPSA) is 78.7 Å². The van der Waals surface area contributed by atoms with Crippen LogP contribution in [0.3, 0.4) is 0 Å². The van der Waals surface area contributed by atoms with Crippen LogP contribution < -0.4 is 11.1 Å². The second-order valence-electron chi connectivity index (χ2n) is 4.12. The van der Waals surface area contributed by atoms with Gasteiger partial charge in [0.15, 0.2) is 0 Å². The van der Waals surface area contributed by atoms with Crippen LogP contribution in [0.2, 0.25) is 0 Å². The molecule has 1 fully saturated rings. The van der Waals surface area contributed by atoms with E-state index in [2.05, 4.69) is 10.2 Å². The quantitative estimate of drug-likeness (QED) is 0.596. The summed E-state index contributed by atoms with van der Waals surface area (Å²) in [5.74, 6) is -0.538. The molecular weight excluding hydrogens is 208 g/mol. The first kappa shape index (κ1) is 12.9. The van der Waals surface area contributed by atoms with Crippen LogP contribution in [0.1, 0.15) is 6.92 Å². The Hall–Kier alpha value is -1.14. The highest BCUT2D eigenvalue weighted by Crippen LogP contribution is 2.04. The summed E-state index contributed by atoms with van der Waals surface area (Å²) >= 11 is 0. The minimum absolute atomic E-state index is 0.0186. The number of likely N-dealkylation sites (N-methyl/N-ethyl adjacent to an activating group) is 1. The Kier molecular flexibility index (Phi) is 4.70. The first-order valence-electron chi connectivity index (χ1n) is 5.50. The average Bonchev–Trinajstić information content (AvgIpc) is 2.27. The number of hydrogen-bond acceptors (Lipinski definition) is 4. The Morgan fingerprint density at radius 1 is 1.44 bits per heavy atom. The van der Waals surface area contributed by atoms with E-state index in [1.807, 2.05) is 6.92 Å². The van der Waals surface area contributed by atoms with E-state index < -0.39 is 5.91 Å². The van der Waals surface area contributed by atoms with Crippen molar-refractivity contribution in [2.45, 2.75) is 13.0 Å². The molecule has 6 nitrogen and oxygen atoms in total. The lowest BCUT2D eigenvalue weighted by Crippen LogP contribution is -2.53. The number of carbonyl (C=O) groups excluding carboxylic acids is 2. The van der Waals surface area contributed by atoms with Crippen molar-refractivity contribution in [2.24, 2.45) is 5.73 Å². The number of piperazine rings is 1. The molecule has 1 aliphatic rings. The molecule has 1 rings (SSSR count). The van der Waals surface area contributed by atoms with Crippen molar-refractivity contribution in [1.82, 2.24) is 15.1 Å². The zero-order valence-electron chi connectivity index (χ0n) is 9.90. The van der Waals surface area contributed by atoms with Gasteiger partial charge in [0.25, 0.3) is 0 Å². The molecule has 0 saturated carbocycles. The molecule has 1 aliphatic heterocycles. The Balaban J connectivity index is 2.48. The zero-order chi connectivity index (χ0) is 12.1. The monoisotopic (exact) mass is 228 g/mol. The molecule has 0 aromatic heterocycles. The molecule has 0 aromatic rings. The number of hydrogen-bond donors (Lipinski definition) is 2. The molecule has 0 aliphatic carbocycles. The van der Waals surface area contributed by atoms with E-state index in [4.69, 9.17) is 5.73 Å². The predicted octanol–water partition coefficient (Wildman–Crippen LogP) is -1.78. The van der Waals surface area contributed by atoms with Crippen molar-refractivity contribution < 1.29 is 9.59 Å². The highest BCUT2D eigenvalue weighted by atomic mass is 16.2. The van der Waals surface area contributed by atoms with E-state index in [1.54, 1.807) is 7.05 Å². The maximum atomic E-state index is 11.9. The number of carbonyl (C=O) groups is 2. The molecule has 2 amide bonds. The molecule has 3 N–H and O–H groups in total. The van der Waals surface area contributed by atoms with Gasteiger partial charge in [-0.25, -0.2) is 0 Å². The molecule has 0 radical (unpaired) electrons. The Morgan fingerprint density at radius 2 is 2.00 bits per heavy atom. The summed E-state index contributed by atoms with van der Waals surface area (Å²) in [5, 5.41) is 3.23. The van der Waals surface area contributed by atoms with Crippen molar-refractivity contribution in [3.05, 3.63) is 0 Å². The molecule has 1 heterocycles. The lowest BCUT2D eigenvalue weighted by molar-refractivity contribution is -0.138. The van der Waals surface area contributed by atoms with Crippen LogP contribution in [0.5, 0.6) is 0 Å². The van der Waals surface area contributed by atoms with E-state index in [1.165, 1.54) is 4.90 Å². The number of nitrogens with two attached hydrogens (primary N) is 1. The number of nitrogens with zero attached hydrogens (tertiary/aromatic N) is 2. The Bertz CT molecular complexity index is 264. The van der Waals surface area contributed by atoms with Crippen LogP contribution in [0.15, 0.2) is 0 Å². The number of primary amides is 1. The van der Waals surface area contributed by atoms with Crippen LogP contribution in [0.4, 0.5) is 0 Å². The zero-order valence-corrected chi connectivity index (χ0v) is 9.90. The summed E-state index contributed by atoms with van der Waals surface area (Å²) in [6.07, 6.45) is 0. The highest BCUT2D eigenvalue weighted by molar-refractivity contribution is 5.86. The van der Waals surface area contributed by atoms with Crippen LogP contribution >= 0.6 is 0 Å². The van der Waals surface area contributed by atoms with Crippen LogP contribution in [-0.4, -0.2) is 67.4 Å². The molecular formula is C10H20N4O2. The van der Waals surface area contributed by atoms with Crippen molar-refractivity contribution in [3.8, 4) is 0 Å². The van der Waals surface area contributed by atoms with Crippen LogP contribution in [-0.2, 0) is 9.59 Å². The summed E-state index contributed by atoms with van der Waals surface area (Å²) in [6.45, 7) is 5.36. The maximum absolute atomic E-state index is 11.9. The summed E-state index contributed by atoms with van der Waals surface area (Å²) in [5.41, 5.74) is 5.05. The van der Waals surface area contributed by atoms with Gasteiger partial charge in [-0.2, -0.15) is 0 Å². The first-order valence-corrected chi connectivity index (χ1v) is 5.50. The minimum Gasteiger partial charge on any atom is -0.368 e. The molecule has 0 aromatic carbocycles. The fourth-order valence-corrected chi connectivity index (χ4v) is 1.86. The summed E-state index contributed by atoms with van der Waals surface area (Å²) in [6, 6.07) is -0.188. The Labute approximate surface area is 95.8 Å². The standard InChI is InChI=1S/C10H20N4O2/c1-8(14-5-3-12-4-6-14)10(16)13(2)7-9(11)15/h8,12H,3-7H2,1-2H3,(H2,11,15). The predicted molar refractivity (Wildman–Crippen MR) is 60.7 cm³/mol. The van der Waals surface area contributed by atoms with E-state index in [0.29, 0.717) is 0 Å². The lowest BCUT2D eigenvalue weighted by atomic mass is 10.2. The molecule has 16 heavy (non-hydrogen) atoms. The van der Waals surface area contributed by atoms with E-state index in [9.17, 15) is 9.59 Å².